The molecule has 1 fully saturated rings. The van der Waals surface area contributed by atoms with E-state index in [2.05, 4.69) is 15.6 Å². The van der Waals surface area contributed by atoms with E-state index in [4.69, 9.17) is 9.47 Å². The van der Waals surface area contributed by atoms with Crippen molar-refractivity contribution in [2.45, 2.75) is 0 Å². The number of hydrogen-bond donors (Lipinski definition) is 2. The molecular formula is C25H20N4O6S. The van der Waals surface area contributed by atoms with Crippen LogP contribution in [0.5, 0.6) is 11.5 Å². The highest BCUT2D eigenvalue weighted by molar-refractivity contribution is 8.18. The number of thioether (sulfide) groups is 1. The van der Waals surface area contributed by atoms with Gasteiger partial charge in [-0.2, -0.15) is 0 Å². The average molecular weight is 505 g/mol. The molecule has 0 spiro atoms. The van der Waals surface area contributed by atoms with Crippen molar-refractivity contribution >= 4 is 51.9 Å². The molecule has 2 amide bonds. The van der Waals surface area contributed by atoms with Gasteiger partial charge < -0.3 is 20.1 Å². The molecule has 0 saturated carbocycles. The van der Waals surface area contributed by atoms with E-state index in [9.17, 15) is 19.7 Å². The molecule has 1 saturated heterocycles. The largest absolute Gasteiger partial charge is 0.493 e. The van der Waals surface area contributed by atoms with Gasteiger partial charge in [-0.25, -0.2) is 4.99 Å². The number of amides is 2. The van der Waals surface area contributed by atoms with Crippen LogP contribution in [0.4, 0.5) is 17.1 Å². The minimum atomic E-state index is -0.543. The van der Waals surface area contributed by atoms with E-state index >= 15 is 0 Å². The Labute approximate surface area is 210 Å². The Balaban J connectivity index is 1.40. The number of nitro benzene ring substituents is 1. The molecule has 2 N–H and O–H groups in total. The predicted molar refractivity (Wildman–Crippen MR) is 137 cm³/mol. The number of ether oxygens (including phenoxy) is 2. The number of non-ortho nitro benzene ring substituents is 1. The van der Waals surface area contributed by atoms with Crippen molar-refractivity contribution in [2.24, 2.45) is 4.99 Å². The highest BCUT2D eigenvalue weighted by Gasteiger charge is 2.24. The fourth-order valence-corrected chi connectivity index (χ4v) is 4.02. The molecule has 0 aliphatic carbocycles. The van der Waals surface area contributed by atoms with Crippen molar-refractivity contribution in [3.63, 3.8) is 0 Å². The summed E-state index contributed by atoms with van der Waals surface area (Å²) in [5, 5.41) is 16.7. The number of benzene rings is 3. The van der Waals surface area contributed by atoms with Crippen molar-refractivity contribution in [3.05, 3.63) is 93.4 Å². The van der Waals surface area contributed by atoms with Crippen LogP contribution in [0.15, 0.2) is 82.7 Å². The summed E-state index contributed by atoms with van der Waals surface area (Å²) in [6.45, 7) is -0.336. The third kappa shape index (κ3) is 6.27. The maximum Gasteiger partial charge on any atom is 0.271 e. The third-order valence-corrected chi connectivity index (χ3v) is 5.73. The van der Waals surface area contributed by atoms with Gasteiger partial charge >= 0.3 is 0 Å². The lowest BCUT2D eigenvalue weighted by atomic mass is 10.2. The number of carbonyl (C=O) groups excluding carboxylic acids is 2. The van der Waals surface area contributed by atoms with Gasteiger partial charge in [0.2, 0.25) is 0 Å². The van der Waals surface area contributed by atoms with Gasteiger partial charge in [0.05, 0.1) is 22.6 Å². The quantitative estimate of drug-likeness (QED) is 0.262. The molecular weight excluding hydrogens is 484 g/mol. The zero-order chi connectivity index (χ0) is 25.5. The fraction of sp³-hybridized carbons (Fsp3) is 0.0800. The Morgan fingerprint density at radius 2 is 1.92 bits per heavy atom. The highest BCUT2D eigenvalue weighted by Crippen LogP contribution is 2.32. The smallest absolute Gasteiger partial charge is 0.271 e. The van der Waals surface area contributed by atoms with E-state index in [1.165, 1.54) is 37.1 Å². The maximum absolute atomic E-state index is 12.4. The van der Waals surface area contributed by atoms with Crippen LogP contribution < -0.4 is 20.1 Å². The average Bonchev–Trinajstić information content (AvgIpc) is 3.21. The first-order valence-corrected chi connectivity index (χ1v) is 11.4. The lowest BCUT2D eigenvalue weighted by Crippen LogP contribution is -2.20. The predicted octanol–water partition coefficient (Wildman–Crippen LogP) is 4.51. The first kappa shape index (κ1) is 24.5. The molecule has 3 aromatic carbocycles. The molecule has 1 aliphatic rings. The van der Waals surface area contributed by atoms with Crippen molar-refractivity contribution in [2.75, 3.05) is 19.0 Å². The number of carbonyl (C=O) groups is 2. The van der Waals surface area contributed by atoms with E-state index in [-0.39, 0.29) is 23.9 Å². The van der Waals surface area contributed by atoms with Gasteiger partial charge in [0.15, 0.2) is 23.3 Å². The van der Waals surface area contributed by atoms with Gasteiger partial charge in [-0.05, 0) is 53.7 Å². The molecule has 1 aliphatic heterocycles. The first-order chi connectivity index (χ1) is 17.4. The number of rotatable bonds is 8. The number of nitrogens with zero attached hydrogens (tertiary/aromatic N) is 2. The van der Waals surface area contributed by atoms with Crippen LogP contribution in [0.25, 0.3) is 6.08 Å². The Kier molecular flexibility index (Phi) is 7.61. The lowest BCUT2D eigenvalue weighted by molar-refractivity contribution is -0.384. The zero-order valence-corrected chi connectivity index (χ0v) is 19.8. The van der Waals surface area contributed by atoms with Gasteiger partial charge in [-0.1, -0.05) is 30.3 Å². The first-order valence-electron chi connectivity index (χ1n) is 10.6. The number of hydrogen-bond acceptors (Lipinski definition) is 8. The molecule has 3 aromatic rings. The molecule has 36 heavy (non-hydrogen) atoms. The molecule has 182 valence electrons. The number of anilines is 1. The molecule has 0 unspecified atom stereocenters. The lowest BCUT2D eigenvalue weighted by Gasteiger charge is -2.11. The second kappa shape index (κ2) is 11.2. The minimum Gasteiger partial charge on any atom is -0.493 e. The highest BCUT2D eigenvalue weighted by atomic mass is 32.2. The van der Waals surface area contributed by atoms with Crippen LogP contribution in [0.3, 0.4) is 0 Å². The summed E-state index contributed by atoms with van der Waals surface area (Å²) < 4.78 is 11.0. The summed E-state index contributed by atoms with van der Waals surface area (Å²) >= 11 is 1.23. The van der Waals surface area contributed by atoms with E-state index in [0.717, 1.165) is 5.69 Å². The Bertz CT molecular complexity index is 1370. The standard InChI is InChI=1S/C25H20N4O6S/c1-34-21-12-16(13-22-24(31)28-25(36-22)27-17-6-3-2-4-7-17)10-11-20(21)35-15-23(30)26-18-8-5-9-19(14-18)29(32)33/h2-14H,15H2,1H3,(H,26,30)(H,27,28,31)/b22-13+. The number of nitrogens with one attached hydrogen (secondary N) is 2. The van der Waals surface area contributed by atoms with Crippen LogP contribution in [0.2, 0.25) is 0 Å². The minimum absolute atomic E-state index is 0.132. The van der Waals surface area contributed by atoms with Gasteiger partial charge in [0.1, 0.15) is 0 Å². The summed E-state index contributed by atoms with van der Waals surface area (Å²) in [6, 6.07) is 19.9. The van der Waals surface area contributed by atoms with Gasteiger partial charge in [0, 0.05) is 17.8 Å². The van der Waals surface area contributed by atoms with Crippen LogP contribution in [0.1, 0.15) is 5.56 Å². The molecule has 10 nitrogen and oxygen atoms in total. The zero-order valence-electron chi connectivity index (χ0n) is 19.0. The molecule has 11 heteroatoms. The molecule has 0 atom stereocenters. The SMILES string of the molecule is COc1cc(/C=C2/SC(=Nc3ccccc3)NC2=O)ccc1OCC(=O)Nc1cccc([N+](=O)[O-])c1. The molecule has 1 heterocycles. The summed E-state index contributed by atoms with van der Waals surface area (Å²) in [7, 11) is 1.46. The fourth-order valence-electron chi connectivity index (χ4n) is 3.18. The summed E-state index contributed by atoms with van der Waals surface area (Å²) in [6.07, 6.45) is 1.70. The van der Waals surface area contributed by atoms with Gasteiger partial charge in [-0.3, -0.25) is 19.7 Å². The van der Waals surface area contributed by atoms with Crippen LogP contribution in [-0.2, 0) is 9.59 Å². The van der Waals surface area contributed by atoms with Crippen molar-refractivity contribution in [1.82, 2.24) is 5.32 Å². The Morgan fingerprint density at radius 1 is 1.11 bits per heavy atom. The number of para-hydroxylation sites is 1. The Hall–Kier alpha value is -4.64. The van der Waals surface area contributed by atoms with Crippen LogP contribution >= 0.6 is 11.8 Å². The van der Waals surface area contributed by atoms with Gasteiger partial charge in [0.25, 0.3) is 17.5 Å². The number of nitro groups is 1. The van der Waals surface area contributed by atoms with Crippen molar-refractivity contribution < 1.29 is 24.0 Å². The molecule has 0 aromatic heterocycles. The van der Waals surface area contributed by atoms with Crippen LogP contribution in [-0.4, -0.2) is 35.6 Å². The second-order valence-corrected chi connectivity index (χ2v) is 8.40. The molecule has 0 bridgehead atoms. The van der Waals surface area contributed by atoms with Crippen molar-refractivity contribution in [3.8, 4) is 11.5 Å². The molecule has 0 radical (unpaired) electrons. The van der Waals surface area contributed by atoms with E-state index in [0.29, 0.717) is 27.1 Å². The van der Waals surface area contributed by atoms with Crippen LogP contribution in [0, 0.1) is 10.1 Å². The summed E-state index contributed by atoms with van der Waals surface area (Å²) in [4.78, 5) is 39.8. The van der Waals surface area contributed by atoms with E-state index in [1.54, 1.807) is 30.3 Å². The Morgan fingerprint density at radius 3 is 2.67 bits per heavy atom. The van der Waals surface area contributed by atoms with E-state index < -0.39 is 10.8 Å². The monoisotopic (exact) mass is 504 g/mol. The maximum atomic E-state index is 12.4. The summed E-state index contributed by atoms with van der Waals surface area (Å²) in [5.41, 5.74) is 1.58. The summed E-state index contributed by atoms with van der Waals surface area (Å²) in [5.74, 6) is -0.0578. The number of amidine groups is 1. The number of aliphatic imine (C=N–C) groups is 1. The van der Waals surface area contributed by atoms with E-state index in [1.807, 2.05) is 30.3 Å². The number of methoxy groups -OCH3 is 1. The molecule has 4 rings (SSSR count). The normalized spacial score (nSPS) is 15.0. The van der Waals surface area contributed by atoms with Crippen molar-refractivity contribution in [1.29, 1.82) is 0 Å². The third-order valence-electron chi connectivity index (χ3n) is 4.82. The second-order valence-electron chi connectivity index (χ2n) is 7.37. The van der Waals surface area contributed by atoms with Gasteiger partial charge in [-0.15, -0.1) is 0 Å². The topological polar surface area (TPSA) is 132 Å².